The first-order valence-electron chi connectivity index (χ1n) is 9.42. The minimum atomic E-state index is -0.272. The summed E-state index contributed by atoms with van der Waals surface area (Å²) in [5.74, 6) is 2.26. The van der Waals surface area contributed by atoms with Crippen molar-refractivity contribution in [2.24, 2.45) is 5.92 Å². The van der Waals surface area contributed by atoms with Crippen LogP contribution in [0.15, 0.2) is 18.5 Å². The van der Waals surface area contributed by atoms with Crippen molar-refractivity contribution in [3.63, 3.8) is 0 Å². The van der Waals surface area contributed by atoms with Crippen LogP contribution < -0.4 is 4.90 Å². The van der Waals surface area contributed by atoms with Gasteiger partial charge >= 0.3 is 0 Å². The third-order valence-corrected chi connectivity index (χ3v) is 5.65. The van der Waals surface area contributed by atoms with Gasteiger partial charge in [-0.1, -0.05) is 19.3 Å². The zero-order chi connectivity index (χ0) is 17.4. The average Bonchev–Trinajstić information content (AvgIpc) is 3.18. The van der Waals surface area contributed by atoms with Crippen molar-refractivity contribution < 1.29 is 5.11 Å². The summed E-state index contributed by atoms with van der Waals surface area (Å²) in [6, 6.07) is 2.42. The zero-order valence-corrected chi connectivity index (χ0v) is 15.1. The van der Waals surface area contributed by atoms with Gasteiger partial charge in [0.15, 0.2) is 5.82 Å². The van der Waals surface area contributed by atoms with E-state index in [1.165, 1.54) is 32.1 Å². The number of hydrogen-bond donors (Lipinski definition) is 1. The fraction of sp³-hybridized carbons (Fsp3) is 0.632. The Balaban J connectivity index is 1.63. The van der Waals surface area contributed by atoms with Gasteiger partial charge < -0.3 is 10.0 Å². The van der Waals surface area contributed by atoms with E-state index >= 15 is 0 Å². The van der Waals surface area contributed by atoms with Gasteiger partial charge in [-0.3, -0.25) is 4.98 Å². The molecular weight excluding hydrogens is 314 g/mol. The lowest BCUT2D eigenvalue weighted by atomic mass is 9.83. The van der Waals surface area contributed by atoms with Crippen molar-refractivity contribution in [1.29, 1.82) is 0 Å². The van der Waals surface area contributed by atoms with Crippen molar-refractivity contribution in [2.45, 2.75) is 64.5 Å². The SMILES string of the molecule is Cc1cc(C)n(-c2cncc(N3CC(O)CC3C3CCCCC3)n2)n1. The molecule has 6 heteroatoms. The number of aliphatic hydroxyl groups excluding tert-OH is 1. The number of hydrogen-bond acceptors (Lipinski definition) is 5. The molecule has 4 rings (SSSR count). The number of nitrogens with zero attached hydrogens (tertiary/aromatic N) is 5. The largest absolute Gasteiger partial charge is 0.391 e. The molecule has 1 aliphatic heterocycles. The number of aliphatic hydroxyl groups is 1. The average molecular weight is 341 g/mol. The first-order chi connectivity index (χ1) is 12.1. The highest BCUT2D eigenvalue weighted by molar-refractivity contribution is 5.43. The maximum atomic E-state index is 10.3. The normalized spacial score (nSPS) is 24.8. The predicted molar refractivity (Wildman–Crippen MR) is 97.0 cm³/mol. The molecule has 1 saturated heterocycles. The molecule has 1 saturated carbocycles. The molecule has 2 aromatic heterocycles. The predicted octanol–water partition coefficient (Wildman–Crippen LogP) is 2.80. The Labute approximate surface area is 148 Å². The van der Waals surface area contributed by atoms with E-state index in [2.05, 4.69) is 15.0 Å². The molecule has 134 valence electrons. The Morgan fingerprint density at radius 3 is 2.56 bits per heavy atom. The maximum Gasteiger partial charge on any atom is 0.174 e. The summed E-state index contributed by atoms with van der Waals surface area (Å²) in [5.41, 5.74) is 2.02. The van der Waals surface area contributed by atoms with Crippen LogP contribution in [0.1, 0.15) is 49.9 Å². The topological polar surface area (TPSA) is 67.1 Å². The highest BCUT2D eigenvalue weighted by atomic mass is 16.3. The summed E-state index contributed by atoms with van der Waals surface area (Å²) in [4.78, 5) is 11.5. The van der Waals surface area contributed by atoms with E-state index in [0.29, 0.717) is 18.5 Å². The van der Waals surface area contributed by atoms with Gasteiger partial charge in [-0.25, -0.2) is 9.67 Å². The molecule has 0 amide bonds. The Kier molecular flexibility index (Phi) is 4.46. The fourth-order valence-corrected chi connectivity index (χ4v) is 4.52. The monoisotopic (exact) mass is 341 g/mol. The minimum absolute atomic E-state index is 0.272. The Bertz CT molecular complexity index is 737. The van der Waals surface area contributed by atoms with E-state index in [0.717, 1.165) is 29.4 Å². The maximum absolute atomic E-state index is 10.3. The Morgan fingerprint density at radius 2 is 1.84 bits per heavy atom. The van der Waals surface area contributed by atoms with Crippen LogP contribution in [0.2, 0.25) is 0 Å². The summed E-state index contributed by atoms with van der Waals surface area (Å²) >= 11 is 0. The molecular formula is C19H27N5O. The van der Waals surface area contributed by atoms with Crippen LogP contribution in [-0.2, 0) is 0 Å². The summed E-state index contributed by atoms with van der Waals surface area (Å²) < 4.78 is 1.84. The highest BCUT2D eigenvalue weighted by Crippen LogP contribution is 2.36. The molecule has 25 heavy (non-hydrogen) atoms. The quantitative estimate of drug-likeness (QED) is 0.930. The van der Waals surface area contributed by atoms with E-state index in [1.807, 2.05) is 30.8 Å². The molecule has 2 unspecified atom stereocenters. The van der Waals surface area contributed by atoms with Crippen LogP contribution in [-0.4, -0.2) is 43.5 Å². The molecule has 0 spiro atoms. The Morgan fingerprint density at radius 1 is 1.08 bits per heavy atom. The van der Waals surface area contributed by atoms with Gasteiger partial charge in [-0.2, -0.15) is 5.10 Å². The molecule has 2 aliphatic rings. The van der Waals surface area contributed by atoms with Crippen LogP contribution in [0.25, 0.3) is 5.82 Å². The van der Waals surface area contributed by atoms with Gasteiger partial charge in [-0.05, 0) is 45.1 Å². The third-order valence-electron chi connectivity index (χ3n) is 5.65. The second kappa shape index (κ2) is 6.75. The van der Waals surface area contributed by atoms with Gasteiger partial charge in [0, 0.05) is 18.3 Å². The molecule has 2 atom stereocenters. The van der Waals surface area contributed by atoms with Crippen molar-refractivity contribution in [3.05, 3.63) is 29.8 Å². The van der Waals surface area contributed by atoms with Gasteiger partial charge in [-0.15, -0.1) is 0 Å². The fourth-order valence-electron chi connectivity index (χ4n) is 4.52. The van der Waals surface area contributed by atoms with Gasteiger partial charge in [0.25, 0.3) is 0 Å². The first kappa shape index (κ1) is 16.5. The van der Waals surface area contributed by atoms with Gasteiger partial charge in [0.1, 0.15) is 5.82 Å². The van der Waals surface area contributed by atoms with Crippen LogP contribution in [0.3, 0.4) is 0 Å². The summed E-state index contributed by atoms with van der Waals surface area (Å²) in [5, 5.41) is 14.8. The van der Waals surface area contributed by atoms with Gasteiger partial charge in [0.2, 0.25) is 0 Å². The van der Waals surface area contributed by atoms with Crippen LogP contribution in [0.5, 0.6) is 0 Å². The molecule has 2 fully saturated rings. The smallest absolute Gasteiger partial charge is 0.174 e. The van der Waals surface area contributed by atoms with E-state index in [9.17, 15) is 5.11 Å². The number of rotatable bonds is 3. The summed E-state index contributed by atoms with van der Waals surface area (Å²) in [7, 11) is 0. The van der Waals surface area contributed by atoms with Crippen molar-refractivity contribution >= 4 is 5.82 Å². The second-order valence-electron chi connectivity index (χ2n) is 7.58. The van der Waals surface area contributed by atoms with Crippen molar-refractivity contribution in [2.75, 3.05) is 11.4 Å². The molecule has 1 aliphatic carbocycles. The van der Waals surface area contributed by atoms with E-state index < -0.39 is 0 Å². The molecule has 3 heterocycles. The number of aryl methyl sites for hydroxylation is 2. The van der Waals surface area contributed by atoms with Crippen LogP contribution in [0.4, 0.5) is 5.82 Å². The summed E-state index contributed by atoms with van der Waals surface area (Å²) in [6.07, 6.45) is 10.6. The van der Waals surface area contributed by atoms with Crippen LogP contribution in [0, 0.1) is 19.8 Å². The van der Waals surface area contributed by atoms with Gasteiger partial charge in [0.05, 0.1) is 24.2 Å². The number of aromatic nitrogens is 4. The van der Waals surface area contributed by atoms with Crippen molar-refractivity contribution in [1.82, 2.24) is 19.7 Å². The lowest BCUT2D eigenvalue weighted by molar-refractivity contribution is 0.185. The third kappa shape index (κ3) is 3.27. The van der Waals surface area contributed by atoms with E-state index in [-0.39, 0.29) is 6.10 Å². The lowest BCUT2D eigenvalue weighted by Gasteiger charge is -2.34. The Hall–Kier alpha value is -1.95. The molecule has 6 nitrogen and oxygen atoms in total. The molecule has 0 radical (unpaired) electrons. The molecule has 0 bridgehead atoms. The van der Waals surface area contributed by atoms with Crippen molar-refractivity contribution in [3.8, 4) is 5.82 Å². The molecule has 1 N–H and O–H groups in total. The highest BCUT2D eigenvalue weighted by Gasteiger charge is 2.37. The second-order valence-corrected chi connectivity index (χ2v) is 7.58. The van der Waals surface area contributed by atoms with E-state index in [1.54, 1.807) is 6.20 Å². The summed E-state index contributed by atoms with van der Waals surface area (Å²) in [6.45, 7) is 4.66. The standard InChI is InChI=1S/C19H27N5O/c1-13-8-14(2)24(22-13)19-11-20-10-18(21-19)23-12-16(25)9-17(23)15-6-4-3-5-7-15/h8,10-11,15-17,25H,3-7,9,12H2,1-2H3. The van der Waals surface area contributed by atoms with Crippen LogP contribution >= 0.6 is 0 Å². The first-order valence-corrected chi connectivity index (χ1v) is 9.42. The molecule has 0 aromatic carbocycles. The number of anilines is 1. The molecule has 2 aromatic rings. The zero-order valence-electron chi connectivity index (χ0n) is 15.1. The van der Waals surface area contributed by atoms with E-state index in [4.69, 9.17) is 4.98 Å². The minimum Gasteiger partial charge on any atom is -0.391 e. The lowest BCUT2D eigenvalue weighted by Crippen LogP contribution is -2.37. The number of β-amino-alcohol motifs (C(OH)–C–C–N with tert-alkyl or cyclic N) is 1.